The largest absolute Gasteiger partial charge is 0.206 e. The molecule has 0 aliphatic heterocycles. The molecule has 0 aromatic heterocycles. The first-order valence-corrected chi connectivity index (χ1v) is 10.7. The van der Waals surface area contributed by atoms with E-state index in [4.69, 9.17) is 5.26 Å². The number of benzene rings is 3. The maximum Gasteiger partial charge on any atom is 0.142 e. The summed E-state index contributed by atoms with van der Waals surface area (Å²) < 4.78 is 27.8. The van der Waals surface area contributed by atoms with Crippen molar-refractivity contribution < 1.29 is 8.78 Å². The minimum atomic E-state index is -0.778. The lowest BCUT2D eigenvalue weighted by molar-refractivity contribution is 0.540. The van der Waals surface area contributed by atoms with Crippen LogP contribution in [0.2, 0.25) is 0 Å². The fraction of sp³-hybridized carbons (Fsp3) is 0.192. The van der Waals surface area contributed by atoms with Crippen LogP contribution in [0.4, 0.5) is 8.78 Å². The molecule has 3 rings (SSSR count). The lowest BCUT2D eigenvalue weighted by Crippen LogP contribution is -1.89. The zero-order valence-corrected chi connectivity index (χ0v) is 17.5. The highest BCUT2D eigenvalue weighted by atomic mass is 32.2. The van der Waals surface area contributed by atoms with Crippen LogP contribution in [0.5, 0.6) is 0 Å². The average Bonchev–Trinajstić information content (AvgIpc) is 2.76. The highest BCUT2D eigenvalue weighted by Gasteiger charge is 2.11. The molecule has 0 fully saturated rings. The molecule has 30 heavy (non-hydrogen) atoms. The Bertz CT molecular complexity index is 1080. The Labute approximate surface area is 180 Å². The van der Waals surface area contributed by atoms with Gasteiger partial charge in [-0.3, -0.25) is 0 Å². The fourth-order valence-electron chi connectivity index (χ4n) is 3.11. The summed E-state index contributed by atoms with van der Waals surface area (Å²) in [7, 11) is 0. The first-order chi connectivity index (χ1) is 14.6. The van der Waals surface area contributed by atoms with Crippen LogP contribution < -0.4 is 0 Å². The van der Waals surface area contributed by atoms with Crippen molar-refractivity contribution >= 4 is 11.8 Å². The molecule has 0 saturated carbocycles. The van der Waals surface area contributed by atoms with E-state index in [2.05, 4.69) is 43.0 Å². The topological polar surface area (TPSA) is 23.8 Å². The lowest BCUT2D eigenvalue weighted by atomic mass is 10.0. The van der Waals surface area contributed by atoms with Crippen LogP contribution in [-0.4, -0.2) is 0 Å². The summed E-state index contributed by atoms with van der Waals surface area (Å²) in [5, 5.41) is 10.3. The molecule has 0 heterocycles. The van der Waals surface area contributed by atoms with Gasteiger partial charge < -0.3 is 0 Å². The SMILES string of the molecule is CCCCCc1ccc(-c2ccc(C#Cc3cc(F)c(SC#N)c(F)c3)cc2)cc1. The van der Waals surface area contributed by atoms with E-state index >= 15 is 0 Å². The van der Waals surface area contributed by atoms with Gasteiger partial charge in [0.25, 0.3) is 0 Å². The van der Waals surface area contributed by atoms with Gasteiger partial charge in [0.05, 0.1) is 4.90 Å². The third-order valence-corrected chi connectivity index (χ3v) is 5.42. The van der Waals surface area contributed by atoms with Crippen molar-refractivity contribution in [3.05, 3.63) is 89.0 Å². The highest BCUT2D eigenvalue weighted by molar-refractivity contribution is 8.03. The monoisotopic (exact) mass is 417 g/mol. The molecule has 4 heteroatoms. The second kappa shape index (κ2) is 10.6. The zero-order chi connectivity index (χ0) is 21.3. The summed E-state index contributed by atoms with van der Waals surface area (Å²) in [6.07, 6.45) is 4.81. The molecule has 0 aliphatic rings. The predicted molar refractivity (Wildman–Crippen MR) is 119 cm³/mol. The number of thiocyanates is 1. The van der Waals surface area contributed by atoms with Crippen molar-refractivity contribution in [2.24, 2.45) is 0 Å². The Hall–Kier alpha value is -3.08. The van der Waals surface area contributed by atoms with Gasteiger partial charge in [-0.15, -0.1) is 0 Å². The Morgan fingerprint density at radius 2 is 1.37 bits per heavy atom. The van der Waals surface area contributed by atoms with E-state index in [1.54, 1.807) is 5.40 Å². The van der Waals surface area contributed by atoms with Gasteiger partial charge in [-0.25, -0.2) is 8.78 Å². The molecule has 0 amide bonds. The molecule has 3 aromatic rings. The molecule has 0 aliphatic carbocycles. The maximum atomic E-state index is 13.9. The first kappa shape index (κ1) is 21.6. The minimum Gasteiger partial charge on any atom is -0.206 e. The van der Waals surface area contributed by atoms with Crippen molar-refractivity contribution in [1.29, 1.82) is 5.26 Å². The van der Waals surface area contributed by atoms with Crippen LogP contribution in [0.25, 0.3) is 11.1 Å². The van der Waals surface area contributed by atoms with Gasteiger partial charge in [0, 0.05) is 11.1 Å². The molecule has 1 nitrogen and oxygen atoms in total. The Morgan fingerprint density at radius 3 is 1.93 bits per heavy atom. The molecule has 3 aromatic carbocycles. The van der Waals surface area contributed by atoms with Crippen LogP contribution in [0, 0.1) is 34.1 Å². The number of hydrogen-bond donors (Lipinski definition) is 0. The Morgan fingerprint density at radius 1 is 0.800 bits per heavy atom. The predicted octanol–water partition coefficient (Wildman–Crippen LogP) is 7.34. The van der Waals surface area contributed by atoms with E-state index in [1.807, 2.05) is 24.3 Å². The number of rotatable bonds is 6. The average molecular weight is 418 g/mol. The van der Waals surface area contributed by atoms with E-state index in [0.29, 0.717) is 11.8 Å². The first-order valence-electron chi connectivity index (χ1n) is 9.87. The van der Waals surface area contributed by atoms with E-state index < -0.39 is 11.6 Å². The van der Waals surface area contributed by atoms with Gasteiger partial charge in [-0.1, -0.05) is 68.0 Å². The third-order valence-electron chi connectivity index (χ3n) is 4.74. The van der Waals surface area contributed by atoms with E-state index in [0.717, 1.165) is 35.2 Å². The minimum absolute atomic E-state index is 0.232. The number of nitrogens with zero attached hydrogens (tertiary/aromatic N) is 1. The van der Waals surface area contributed by atoms with Gasteiger partial charge in [0.15, 0.2) is 0 Å². The molecular weight excluding hydrogens is 396 g/mol. The molecule has 150 valence electrons. The molecule has 0 bridgehead atoms. The summed E-state index contributed by atoms with van der Waals surface area (Å²) in [6.45, 7) is 2.21. The highest BCUT2D eigenvalue weighted by Crippen LogP contribution is 2.25. The van der Waals surface area contributed by atoms with E-state index in [9.17, 15) is 8.78 Å². The number of unbranched alkanes of at least 4 members (excludes halogenated alkanes) is 2. The second-order valence-electron chi connectivity index (χ2n) is 6.94. The van der Waals surface area contributed by atoms with Crippen molar-refractivity contribution in [3.63, 3.8) is 0 Å². The van der Waals surface area contributed by atoms with Gasteiger partial charge in [0.1, 0.15) is 17.0 Å². The van der Waals surface area contributed by atoms with Gasteiger partial charge in [-0.2, -0.15) is 5.26 Å². The van der Waals surface area contributed by atoms with Gasteiger partial charge >= 0.3 is 0 Å². The number of hydrogen-bond acceptors (Lipinski definition) is 2. The normalized spacial score (nSPS) is 10.2. The fourth-order valence-corrected chi connectivity index (χ4v) is 3.51. The molecule has 0 unspecified atom stereocenters. The molecule has 0 N–H and O–H groups in total. The third kappa shape index (κ3) is 5.72. The Balaban J connectivity index is 1.71. The standard InChI is InChI=1S/C26H21F2NS/c1-2-3-4-5-19-8-12-22(13-9-19)23-14-10-20(11-15-23)6-7-21-16-24(27)26(30-18-29)25(28)17-21/h8-17H,2-5H2,1H3. The molecule has 0 saturated heterocycles. The Kier molecular flexibility index (Phi) is 7.66. The summed E-state index contributed by atoms with van der Waals surface area (Å²) in [5.41, 5.74) is 4.58. The quantitative estimate of drug-likeness (QED) is 0.181. The number of aryl methyl sites for hydroxylation is 1. The molecule has 0 radical (unpaired) electrons. The van der Waals surface area contributed by atoms with Crippen molar-refractivity contribution in [3.8, 4) is 28.4 Å². The summed E-state index contributed by atoms with van der Waals surface area (Å²) in [4.78, 5) is -0.302. The summed E-state index contributed by atoms with van der Waals surface area (Å²) >= 11 is 0.464. The lowest BCUT2D eigenvalue weighted by Gasteiger charge is -2.05. The number of nitriles is 1. The van der Waals surface area contributed by atoms with E-state index in [-0.39, 0.29) is 10.5 Å². The molecular formula is C26H21F2NS. The van der Waals surface area contributed by atoms with Crippen molar-refractivity contribution in [2.45, 2.75) is 37.5 Å². The number of thioether (sulfide) groups is 1. The van der Waals surface area contributed by atoms with Gasteiger partial charge in [-0.05, 0) is 65.6 Å². The van der Waals surface area contributed by atoms with Crippen LogP contribution in [-0.2, 0) is 6.42 Å². The van der Waals surface area contributed by atoms with Crippen molar-refractivity contribution in [2.75, 3.05) is 0 Å². The van der Waals surface area contributed by atoms with Crippen LogP contribution in [0.3, 0.4) is 0 Å². The molecule has 0 spiro atoms. The maximum absolute atomic E-state index is 13.9. The number of halogens is 2. The van der Waals surface area contributed by atoms with Gasteiger partial charge in [0.2, 0.25) is 0 Å². The van der Waals surface area contributed by atoms with E-state index in [1.165, 1.54) is 24.8 Å². The molecule has 0 atom stereocenters. The van der Waals surface area contributed by atoms with Crippen molar-refractivity contribution in [1.82, 2.24) is 0 Å². The van der Waals surface area contributed by atoms with Crippen LogP contribution in [0.15, 0.2) is 65.6 Å². The zero-order valence-electron chi connectivity index (χ0n) is 16.7. The van der Waals surface area contributed by atoms with Crippen LogP contribution in [0.1, 0.15) is 42.9 Å². The van der Waals surface area contributed by atoms with Crippen LogP contribution >= 0.6 is 11.8 Å². The summed E-state index contributed by atoms with van der Waals surface area (Å²) in [5.74, 6) is 4.15. The summed E-state index contributed by atoms with van der Waals surface area (Å²) in [6, 6.07) is 18.7. The smallest absolute Gasteiger partial charge is 0.142 e. The second-order valence-corrected chi connectivity index (χ2v) is 7.74.